The summed E-state index contributed by atoms with van der Waals surface area (Å²) in [6.45, 7) is 2.82. The molecule has 2 bridgehead atoms. The average molecular weight is 463 g/mol. The van der Waals surface area contributed by atoms with Crippen LogP contribution in [0.15, 0.2) is 48.5 Å². The summed E-state index contributed by atoms with van der Waals surface area (Å²) in [5.41, 5.74) is 3.57. The highest BCUT2D eigenvalue weighted by Crippen LogP contribution is 2.51. The van der Waals surface area contributed by atoms with E-state index in [2.05, 4.69) is 29.6 Å². The Hall–Kier alpha value is -3.35. The van der Waals surface area contributed by atoms with Gasteiger partial charge in [-0.15, -0.1) is 0 Å². The van der Waals surface area contributed by atoms with Crippen molar-refractivity contribution < 1.29 is 24.2 Å². The molecule has 2 aromatic carbocycles. The fourth-order valence-corrected chi connectivity index (χ4v) is 6.01. The maximum absolute atomic E-state index is 13.2. The maximum atomic E-state index is 13.2. The van der Waals surface area contributed by atoms with Gasteiger partial charge in [-0.05, 0) is 47.4 Å². The van der Waals surface area contributed by atoms with Gasteiger partial charge in [-0.3, -0.25) is 4.79 Å². The molecule has 2 aliphatic heterocycles. The molecule has 0 aromatic heterocycles. The summed E-state index contributed by atoms with van der Waals surface area (Å²) in [7, 11) is 0. The lowest BCUT2D eigenvalue weighted by Crippen LogP contribution is -2.56. The molecule has 1 unspecified atom stereocenters. The van der Waals surface area contributed by atoms with Gasteiger partial charge in [0, 0.05) is 19.0 Å². The van der Waals surface area contributed by atoms with Crippen LogP contribution in [0.1, 0.15) is 49.7 Å². The molecular formula is C27H30N2O5. The van der Waals surface area contributed by atoms with Gasteiger partial charge in [-0.1, -0.05) is 61.9 Å². The molecule has 178 valence electrons. The molecule has 7 heteroatoms. The number of carboxylic acid groups (broad SMARTS) is 1. The normalized spacial score (nSPS) is 23.0. The van der Waals surface area contributed by atoms with Crippen molar-refractivity contribution in [3.05, 3.63) is 59.7 Å². The Morgan fingerprint density at radius 1 is 1.09 bits per heavy atom. The van der Waals surface area contributed by atoms with E-state index in [-0.39, 0.29) is 30.9 Å². The first-order valence-electron chi connectivity index (χ1n) is 12.1. The highest BCUT2D eigenvalue weighted by Gasteiger charge is 2.63. The van der Waals surface area contributed by atoms with Crippen LogP contribution >= 0.6 is 0 Å². The topological polar surface area (TPSA) is 95.9 Å². The van der Waals surface area contributed by atoms with E-state index in [1.54, 1.807) is 4.90 Å². The van der Waals surface area contributed by atoms with E-state index in [1.165, 1.54) is 0 Å². The Labute approximate surface area is 199 Å². The summed E-state index contributed by atoms with van der Waals surface area (Å²) >= 11 is 0. The Kier molecular flexibility index (Phi) is 5.80. The zero-order valence-electron chi connectivity index (χ0n) is 19.3. The Morgan fingerprint density at radius 3 is 2.29 bits per heavy atom. The van der Waals surface area contributed by atoms with E-state index in [9.17, 15) is 19.5 Å². The third-order valence-corrected chi connectivity index (χ3v) is 7.70. The number of ether oxygens (including phenoxy) is 1. The first-order chi connectivity index (χ1) is 16.4. The van der Waals surface area contributed by atoms with Crippen LogP contribution in [0.5, 0.6) is 0 Å². The SMILES string of the molecule is CCCC(CNC(=O)OCC1c2ccccc2-c2ccccc21)C(=O)N1CC2CC1(C(=O)O)C2. The van der Waals surface area contributed by atoms with Crippen molar-refractivity contribution in [2.24, 2.45) is 11.8 Å². The summed E-state index contributed by atoms with van der Waals surface area (Å²) in [5, 5.41) is 12.4. The molecule has 34 heavy (non-hydrogen) atoms. The number of carbonyl (C=O) groups is 3. The van der Waals surface area contributed by atoms with Gasteiger partial charge >= 0.3 is 12.1 Å². The van der Waals surface area contributed by atoms with Gasteiger partial charge in [0.25, 0.3) is 0 Å². The smallest absolute Gasteiger partial charge is 0.407 e. The lowest BCUT2D eigenvalue weighted by molar-refractivity contribution is -0.160. The van der Waals surface area contributed by atoms with E-state index in [4.69, 9.17) is 4.74 Å². The van der Waals surface area contributed by atoms with E-state index < -0.39 is 23.5 Å². The molecule has 2 amide bonds. The quantitative estimate of drug-likeness (QED) is 0.618. The highest BCUT2D eigenvalue weighted by molar-refractivity contribution is 5.90. The van der Waals surface area contributed by atoms with Crippen LogP contribution < -0.4 is 5.32 Å². The molecule has 0 radical (unpaired) electrons. The van der Waals surface area contributed by atoms with Crippen LogP contribution in [-0.4, -0.2) is 53.2 Å². The molecule has 2 N–H and O–H groups in total. The molecule has 6 rings (SSSR count). The van der Waals surface area contributed by atoms with Crippen LogP contribution in [0.4, 0.5) is 4.79 Å². The number of rotatable bonds is 8. The predicted molar refractivity (Wildman–Crippen MR) is 126 cm³/mol. The van der Waals surface area contributed by atoms with Gasteiger partial charge in [0.05, 0.1) is 5.92 Å². The number of alkyl carbamates (subject to hydrolysis) is 1. The monoisotopic (exact) mass is 462 g/mol. The summed E-state index contributed by atoms with van der Waals surface area (Å²) in [4.78, 5) is 39.1. The molecule has 4 aliphatic rings. The second kappa shape index (κ2) is 8.78. The number of hydrogen-bond donors (Lipinski definition) is 2. The summed E-state index contributed by atoms with van der Waals surface area (Å²) in [6, 6.07) is 16.3. The van der Waals surface area contributed by atoms with Crippen LogP contribution in [0.2, 0.25) is 0 Å². The number of benzene rings is 2. The Balaban J connectivity index is 1.20. The molecule has 3 fully saturated rings. The number of carbonyl (C=O) groups excluding carboxylic acids is 2. The van der Waals surface area contributed by atoms with Crippen LogP contribution in [0.3, 0.4) is 0 Å². The van der Waals surface area contributed by atoms with Crippen LogP contribution in [0.25, 0.3) is 11.1 Å². The van der Waals surface area contributed by atoms with Gasteiger partial charge in [0.15, 0.2) is 0 Å². The molecule has 0 spiro atoms. The van der Waals surface area contributed by atoms with Crippen molar-refractivity contribution in [2.75, 3.05) is 19.7 Å². The Bertz CT molecular complexity index is 1080. The van der Waals surface area contributed by atoms with E-state index in [0.29, 0.717) is 25.8 Å². The second-order valence-corrected chi connectivity index (χ2v) is 9.75. The number of carboxylic acids is 1. The largest absolute Gasteiger partial charge is 0.479 e. The van der Waals surface area contributed by atoms with Crippen molar-refractivity contribution in [1.82, 2.24) is 10.2 Å². The van der Waals surface area contributed by atoms with Crippen LogP contribution in [0, 0.1) is 11.8 Å². The van der Waals surface area contributed by atoms with Gasteiger partial charge in [0.1, 0.15) is 12.1 Å². The number of hydrogen-bond acceptors (Lipinski definition) is 4. The first-order valence-corrected chi connectivity index (χ1v) is 12.1. The summed E-state index contributed by atoms with van der Waals surface area (Å²) in [6.07, 6.45) is 1.85. The predicted octanol–water partition coefficient (Wildman–Crippen LogP) is 4.02. The summed E-state index contributed by atoms with van der Waals surface area (Å²) < 4.78 is 5.59. The third kappa shape index (κ3) is 3.63. The molecule has 2 saturated heterocycles. The molecule has 1 atom stereocenters. The second-order valence-electron chi connectivity index (χ2n) is 9.75. The lowest BCUT2D eigenvalue weighted by Gasteiger charge is -2.39. The maximum Gasteiger partial charge on any atom is 0.407 e. The minimum Gasteiger partial charge on any atom is -0.479 e. The first kappa shape index (κ1) is 22.4. The van der Waals surface area contributed by atoms with Gasteiger partial charge in [0.2, 0.25) is 5.91 Å². The lowest BCUT2D eigenvalue weighted by atomic mass is 9.73. The van der Waals surface area contributed by atoms with E-state index >= 15 is 0 Å². The number of nitrogens with one attached hydrogen (secondary N) is 1. The van der Waals surface area contributed by atoms with Crippen molar-refractivity contribution in [1.29, 1.82) is 0 Å². The number of nitrogens with zero attached hydrogens (tertiary/aromatic N) is 1. The van der Waals surface area contributed by atoms with E-state index in [0.717, 1.165) is 28.7 Å². The van der Waals surface area contributed by atoms with Gasteiger partial charge in [-0.2, -0.15) is 0 Å². The molecule has 1 saturated carbocycles. The number of fused-ring (bicyclic) bond motifs is 4. The van der Waals surface area contributed by atoms with Crippen LogP contribution in [-0.2, 0) is 14.3 Å². The summed E-state index contributed by atoms with van der Waals surface area (Å²) in [5.74, 6) is -1.31. The molecule has 7 nitrogen and oxygen atoms in total. The van der Waals surface area contributed by atoms with Crippen molar-refractivity contribution in [3.8, 4) is 11.1 Å². The van der Waals surface area contributed by atoms with Crippen molar-refractivity contribution >= 4 is 18.0 Å². The average Bonchev–Trinajstić information content (AvgIpc) is 3.48. The number of aliphatic carboxylic acids is 1. The van der Waals surface area contributed by atoms with Crippen molar-refractivity contribution in [3.63, 3.8) is 0 Å². The zero-order chi connectivity index (χ0) is 23.9. The number of amides is 2. The third-order valence-electron chi connectivity index (χ3n) is 7.70. The molecule has 2 aromatic rings. The molecule has 2 heterocycles. The zero-order valence-corrected chi connectivity index (χ0v) is 19.3. The van der Waals surface area contributed by atoms with Crippen molar-refractivity contribution in [2.45, 2.75) is 44.1 Å². The standard InChI is InChI=1S/C27H30N2O5/c1-2-7-18(24(30)29-15-17-12-27(29,13-17)25(31)32)14-28-26(33)34-16-23-21-10-5-3-8-19(21)20-9-4-6-11-22(20)23/h3-6,8-11,17-18,23H,2,7,12-16H2,1H3,(H,28,33)(H,31,32). The fraction of sp³-hybridized carbons (Fsp3) is 0.444. The Morgan fingerprint density at radius 2 is 1.71 bits per heavy atom. The molecule has 2 aliphatic carbocycles. The van der Waals surface area contributed by atoms with E-state index in [1.807, 2.05) is 31.2 Å². The minimum absolute atomic E-state index is 0.0296. The minimum atomic E-state index is -1.04. The van der Waals surface area contributed by atoms with Gasteiger partial charge < -0.3 is 20.1 Å². The fourth-order valence-electron chi connectivity index (χ4n) is 6.01. The molecular weight excluding hydrogens is 432 g/mol. The highest BCUT2D eigenvalue weighted by atomic mass is 16.5. The van der Waals surface area contributed by atoms with Gasteiger partial charge in [-0.25, -0.2) is 9.59 Å².